The molecule has 0 aliphatic carbocycles. The standard InChI is InChI=1S/C9H14N6O4/c1-4(7(16)12-9(11)19)15-5(2-3-10)6(8(17)18)13-14-15/h4H,2-3,10H2,1H3,(H,17,18)(H3,11,12,16,19). The Bertz CT molecular complexity index is 511. The Morgan fingerprint density at radius 1 is 1.47 bits per heavy atom. The van der Waals surface area contributed by atoms with Crippen molar-refractivity contribution in [3.63, 3.8) is 0 Å². The van der Waals surface area contributed by atoms with E-state index in [1.54, 1.807) is 0 Å². The number of carbonyl (C=O) groups excluding carboxylic acids is 2. The minimum atomic E-state index is -1.27. The van der Waals surface area contributed by atoms with E-state index < -0.39 is 23.9 Å². The number of primary amides is 1. The number of aromatic nitrogens is 3. The second-order valence-electron chi connectivity index (χ2n) is 3.70. The number of nitrogens with zero attached hydrogens (tertiary/aromatic N) is 3. The van der Waals surface area contributed by atoms with E-state index in [9.17, 15) is 14.4 Å². The van der Waals surface area contributed by atoms with Crippen LogP contribution in [-0.4, -0.2) is 44.6 Å². The molecule has 0 saturated heterocycles. The molecule has 1 heterocycles. The molecule has 1 aromatic rings. The number of imide groups is 1. The highest BCUT2D eigenvalue weighted by molar-refractivity contribution is 5.95. The Kier molecular flexibility index (Phi) is 4.53. The fraction of sp³-hybridized carbons (Fsp3) is 0.444. The van der Waals surface area contributed by atoms with Crippen LogP contribution in [0.15, 0.2) is 0 Å². The molecule has 0 aliphatic rings. The molecular formula is C9H14N6O4. The number of urea groups is 1. The van der Waals surface area contributed by atoms with Gasteiger partial charge in [0.1, 0.15) is 6.04 Å². The molecule has 3 amide bonds. The number of carbonyl (C=O) groups is 3. The monoisotopic (exact) mass is 270 g/mol. The van der Waals surface area contributed by atoms with Gasteiger partial charge in [0.25, 0.3) is 5.91 Å². The number of aromatic carboxylic acids is 1. The molecule has 6 N–H and O–H groups in total. The minimum absolute atomic E-state index is 0.164. The van der Waals surface area contributed by atoms with Gasteiger partial charge < -0.3 is 16.6 Å². The molecule has 104 valence electrons. The van der Waals surface area contributed by atoms with E-state index in [0.717, 1.165) is 4.68 Å². The zero-order chi connectivity index (χ0) is 14.6. The van der Waals surface area contributed by atoms with Gasteiger partial charge in [0.2, 0.25) is 0 Å². The van der Waals surface area contributed by atoms with Gasteiger partial charge in [0.15, 0.2) is 5.69 Å². The number of amides is 3. The van der Waals surface area contributed by atoms with Crippen LogP contribution in [0.5, 0.6) is 0 Å². The van der Waals surface area contributed by atoms with E-state index in [1.807, 2.05) is 5.32 Å². The smallest absolute Gasteiger partial charge is 0.358 e. The second kappa shape index (κ2) is 5.91. The van der Waals surface area contributed by atoms with E-state index in [0.29, 0.717) is 0 Å². The first-order valence-corrected chi connectivity index (χ1v) is 5.36. The molecule has 0 saturated carbocycles. The van der Waals surface area contributed by atoms with Gasteiger partial charge in [-0.1, -0.05) is 5.21 Å². The van der Waals surface area contributed by atoms with Gasteiger partial charge in [0.05, 0.1) is 5.69 Å². The molecule has 1 rings (SSSR count). The van der Waals surface area contributed by atoms with Crippen LogP contribution in [0.2, 0.25) is 0 Å². The van der Waals surface area contributed by atoms with Crippen molar-refractivity contribution in [3.8, 4) is 0 Å². The molecule has 1 unspecified atom stereocenters. The lowest BCUT2D eigenvalue weighted by atomic mass is 10.2. The first kappa shape index (κ1) is 14.6. The Balaban J connectivity index is 3.08. The van der Waals surface area contributed by atoms with E-state index in [4.69, 9.17) is 16.6 Å². The third-order valence-corrected chi connectivity index (χ3v) is 2.37. The fourth-order valence-corrected chi connectivity index (χ4v) is 1.50. The summed E-state index contributed by atoms with van der Waals surface area (Å²) in [5.41, 5.74) is 10.1. The summed E-state index contributed by atoms with van der Waals surface area (Å²) in [5, 5.41) is 17.9. The van der Waals surface area contributed by atoms with Gasteiger partial charge in [-0.3, -0.25) is 10.1 Å². The van der Waals surface area contributed by atoms with E-state index in [1.165, 1.54) is 6.92 Å². The van der Waals surface area contributed by atoms with Crippen LogP contribution >= 0.6 is 0 Å². The van der Waals surface area contributed by atoms with Crippen LogP contribution in [0.3, 0.4) is 0 Å². The van der Waals surface area contributed by atoms with Gasteiger partial charge in [-0.2, -0.15) is 0 Å². The molecule has 1 aromatic heterocycles. The van der Waals surface area contributed by atoms with Gasteiger partial charge >= 0.3 is 12.0 Å². The number of hydrogen-bond acceptors (Lipinski definition) is 6. The maximum absolute atomic E-state index is 11.6. The zero-order valence-corrected chi connectivity index (χ0v) is 10.2. The lowest BCUT2D eigenvalue weighted by Gasteiger charge is -2.13. The highest BCUT2D eigenvalue weighted by Gasteiger charge is 2.25. The zero-order valence-electron chi connectivity index (χ0n) is 10.2. The second-order valence-corrected chi connectivity index (χ2v) is 3.70. The van der Waals surface area contributed by atoms with Gasteiger partial charge in [0, 0.05) is 6.42 Å². The first-order chi connectivity index (χ1) is 8.88. The minimum Gasteiger partial charge on any atom is -0.476 e. The van der Waals surface area contributed by atoms with Crippen molar-refractivity contribution in [1.29, 1.82) is 0 Å². The summed E-state index contributed by atoms with van der Waals surface area (Å²) in [4.78, 5) is 33.2. The quantitative estimate of drug-likeness (QED) is 0.491. The molecule has 0 aliphatic heterocycles. The van der Waals surface area contributed by atoms with Gasteiger partial charge in [-0.05, 0) is 13.5 Å². The fourth-order valence-electron chi connectivity index (χ4n) is 1.50. The van der Waals surface area contributed by atoms with E-state index in [2.05, 4.69) is 10.3 Å². The van der Waals surface area contributed by atoms with Crippen LogP contribution in [0.25, 0.3) is 0 Å². The Morgan fingerprint density at radius 2 is 2.11 bits per heavy atom. The molecule has 10 nitrogen and oxygen atoms in total. The highest BCUT2D eigenvalue weighted by atomic mass is 16.4. The topological polar surface area (TPSA) is 166 Å². The number of carboxylic acid groups (broad SMARTS) is 1. The maximum atomic E-state index is 11.6. The number of nitrogens with two attached hydrogens (primary N) is 2. The van der Waals surface area contributed by atoms with Crippen LogP contribution in [0.1, 0.15) is 29.1 Å². The Hall–Kier alpha value is -2.49. The van der Waals surface area contributed by atoms with E-state index >= 15 is 0 Å². The van der Waals surface area contributed by atoms with Crippen molar-refractivity contribution in [1.82, 2.24) is 20.3 Å². The largest absolute Gasteiger partial charge is 0.476 e. The summed E-state index contributed by atoms with van der Waals surface area (Å²) in [6.07, 6.45) is 0.183. The van der Waals surface area contributed by atoms with Crippen LogP contribution in [0.4, 0.5) is 4.79 Å². The van der Waals surface area contributed by atoms with Crippen molar-refractivity contribution in [2.24, 2.45) is 11.5 Å². The molecular weight excluding hydrogens is 256 g/mol. The molecule has 0 radical (unpaired) electrons. The third kappa shape index (κ3) is 3.25. The summed E-state index contributed by atoms with van der Waals surface area (Å²) < 4.78 is 1.11. The Morgan fingerprint density at radius 3 is 2.58 bits per heavy atom. The summed E-state index contributed by atoms with van der Waals surface area (Å²) in [7, 11) is 0. The lowest BCUT2D eigenvalue weighted by molar-refractivity contribution is -0.123. The lowest BCUT2D eigenvalue weighted by Crippen LogP contribution is -2.39. The van der Waals surface area contributed by atoms with Gasteiger partial charge in [-0.25, -0.2) is 14.3 Å². The number of carboxylic acids is 1. The maximum Gasteiger partial charge on any atom is 0.358 e. The molecule has 0 aromatic carbocycles. The predicted octanol–water partition coefficient (Wildman–Crippen LogP) is -1.77. The third-order valence-electron chi connectivity index (χ3n) is 2.37. The van der Waals surface area contributed by atoms with Crippen molar-refractivity contribution in [2.45, 2.75) is 19.4 Å². The number of nitrogens with one attached hydrogen (secondary N) is 1. The molecule has 10 heteroatoms. The summed E-state index contributed by atoms with van der Waals surface area (Å²) >= 11 is 0. The molecule has 0 spiro atoms. The normalized spacial score (nSPS) is 11.9. The van der Waals surface area contributed by atoms with Crippen molar-refractivity contribution < 1.29 is 19.5 Å². The highest BCUT2D eigenvalue weighted by Crippen LogP contribution is 2.13. The summed E-state index contributed by atoms with van der Waals surface area (Å²) in [5.74, 6) is -1.98. The van der Waals surface area contributed by atoms with Gasteiger partial charge in [-0.15, -0.1) is 5.10 Å². The van der Waals surface area contributed by atoms with Crippen LogP contribution in [-0.2, 0) is 11.2 Å². The first-order valence-electron chi connectivity index (χ1n) is 5.36. The predicted molar refractivity (Wildman–Crippen MR) is 62.2 cm³/mol. The molecule has 19 heavy (non-hydrogen) atoms. The SMILES string of the molecule is CC(C(=O)NC(N)=O)n1nnc(C(=O)O)c1CCN. The van der Waals surface area contributed by atoms with Crippen LogP contribution in [0, 0.1) is 0 Å². The summed E-state index contributed by atoms with van der Waals surface area (Å²) in [6, 6.07) is -1.94. The van der Waals surface area contributed by atoms with Crippen LogP contribution < -0.4 is 16.8 Å². The number of rotatable bonds is 5. The Labute approximate surface area is 107 Å². The molecule has 0 fully saturated rings. The number of hydrogen-bond donors (Lipinski definition) is 4. The van der Waals surface area contributed by atoms with Crippen molar-refractivity contribution >= 4 is 17.9 Å². The summed E-state index contributed by atoms with van der Waals surface area (Å²) in [6.45, 7) is 1.59. The average molecular weight is 270 g/mol. The van der Waals surface area contributed by atoms with Crippen molar-refractivity contribution in [3.05, 3.63) is 11.4 Å². The molecule has 1 atom stereocenters. The molecule has 0 bridgehead atoms. The van der Waals surface area contributed by atoms with E-state index in [-0.39, 0.29) is 24.4 Å². The van der Waals surface area contributed by atoms with Crippen molar-refractivity contribution in [2.75, 3.05) is 6.54 Å². The average Bonchev–Trinajstić information content (AvgIpc) is 2.71.